The van der Waals surface area contributed by atoms with Gasteiger partial charge in [0.1, 0.15) is 5.69 Å². The Morgan fingerprint density at radius 2 is 2.10 bits per heavy atom. The number of ether oxygens (including phenoxy) is 1. The molecule has 21 heavy (non-hydrogen) atoms. The Labute approximate surface area is 126 Å². The van der Waals surface area contributed by atoms with Crippen LogP contribution in [0.15, 0.2) is 12.1 Å². The maximum atomic E-state index is 12.0. The molecule has 3 N–H and O–H groups in total. The third kappa shape index (κ3) is 4.58. The van der Waals surface area contributed by atoms with Crippen molar-refractivity contribution in [2.75, 3.05) is 13.2 Å². The second kappa shape index (κ2) is 7.61. The van der Waals surface area contributed by atoms with E-state index in [4.69, 9.17) is 10.5 Å². The predicted octanol–water partition coefficient (Wildman–Crippen LogP) is 1.74. The van der Waals surface area contributed by atoms with E-state index in [0.717, 1.165) is 37.8 Å². The minimum Gasteiger partial charge on any atom is -0.378 e. The molecule has 1 aliphatic carbocycles. The summed E-state index contributed by atoms with van der Waals surface area (Å²) in [6.07, 6.45) is 5.46. The number of amides is 1. The SMILES string of the molecule is Cc1ccc(C(=O)NCCCOC2CCC(N)CC2)n1C. The number of rotatable bonds is 6. The zero-order valence-corrected chi connectivity index (χ0v) is 13.1. The van der Waals surface area contributed by atoms with Gasteiger partial charge in [0.25, 0.3) is 5.91 Å². The van der Waals surface area contributed by atoms with Crippen molar-refractivity contribution in [3.8, 4) is 0 Å². The Morgan fingerprint density at radius 1 is 1.38 bits per heavy atom. The number of hydrogen-bond donors (Lipinski definition) is 2. The van der Waals surface area contributed by atoms with Crippen molar-refractivity contribution in [1.29, 1.82) is 0 Å². The first-order valence-electron chi connectivity index (χ1n) is 7.85. The van der Waals surface area contributed by atoms with Crippen molar-refractivity contribution in [1.82, 2.24) is 9.88 Å². The van der Waals surface area contributed by atoms with E-state index in [0.29, 0.717) is 31.0 Å². The molecular weight excluding hydrogens is 266 g/mol. The molecular formula is C16H27N3O2. The van der Waals surface area contributed by atoms with Gasteiger partial charge in [-0.05, 0) is 51.2 Å². The molecule has 1 heterocycles. The van der Waals surface area contributed by atoms with E-state index >= 15 is 0 Å². The highest BCUT2D eigenvalue weighted by Gasteiger charge is 2.18. The van der Waals surface area contributed by atoms with E-state index < -0.39 is 0 Å². The van der Waals surface area contributed by atoms with Crippen LogP contribution in [0.3, 0.4) is 0 Å². The highest BCUT2D eigenvalue weighted by molar-refractivity contribution is 5.92. The van der Waals surface area contributed by atoms with Gasteiger partial charge < -0.3 is 20.4 Å². The summed E-state index contributed by atoms with van der Waals surface area (Å²) >= 11 is 0. The fourth-order valence-corrected chi connectivity index (χ4v) is 2.71. The number of nitrogens with two attached hydrogens (primary N) is 1. The van der Waals surface area contributed by atoms with Crippen LogP contribution in [0.2, 0.25) is 0 Å². The molecule has 0 spiro atoms. The van der Waals surface area contributed by atoms with Crippen LogP contribution in [0.25, 0.3) is 0 Å². The molecule has 0 aromatic carbocycles. The monoisotopic (exact) mass is 293 g/mol. The molecule has 0 bridgehead atoms. The molecule has 1 aliphatic rings. The molecule has 5 heteroatoms. The summed E-state index contributed by atoms with van der Waals surface area (Å²) in [7, 11) is 1.90. The van der Waals surface area contributed by atoms with Crippen LogP contribution in [0.4, 0.5) is 0 Å². The van der Waals surface area contributed by atoms with Crippen molar-refractivity contribution in [2.24, 2.45) is 12.8 Å². The number of hydrogen-bond acceptors (Lipinski definition) is 3. The van der Waals surface area contributed by atoms with Crippen LogP contribution in [0, 0.1) is 6.92 Å². The largest absolute Gasteiger partial charge is 0.378 e. The van der Waals surface area contributed by atoms with Gasteiger partial charge in [-0.15, -0.1) is 0 Å². The van der Waals surface area contributed by atoms with E-state index in [-0.39, 0.29) is 5.91 Å². The summed E-state index contributed by atoms with van der Waals surface area (Å²) in [6.45, 7) is 3.34. The summed E-state index contributed by atoms with van der Waals surface area (Å²) < 4.78 is 7.73. The van der Waals surface area contributed by atoms with Gasteiger partial charge in [-0.2, -0.15) is 0 Å². The Kier molecular flexibility index (Phi) is 5.82. The molecule has 118 valence electrons. The van der Waals surface area contributed by atoms with Crippen LogP contribution < -0.4 is 11.1 Å². The molecule has 1 fully saturated rings. The maximum absolute atomic E-state index is 12.0. The summed E-state index contributed by atoms with van der Waals surface area (Å²) in [6, 6.07) is 4.16. The average molecular weight is 293 g/mol. The van der Waals surface area contributed by atoms with E-state index in [1.54, 1.807) is 0 Å². The van der Waals surface area contributed by atoms with Gasteiger partial charge in [-0.3, -0.25) is 4.79 Å². The molecule has 2 rings (SSSR count). The van der Waals surface area contributed by atoms with E-state index in [1.807, 2.05) is 30.7 Å². The fourth-order valence-electron chi connectivity index (χ4n) is 2.71. The van der Waals surface area contributed by atoms with Crippen LogP contribution in [0.1, 0.15) is 48.3 Å². The molecule has 1 saturated carbocycles. The summed E-state index contributed by atoms with van der Waals surface area (Å²) in [4.78, 5) is 12.0. The number of carbonyl (C=O) groups excluding carboxylic acids is 1. The lowest BCUT2D eigenvalue weighted by atomic mass is 9.94. The average Bonchev–Trinajstić information content (AvgIpc) is 2.80. The smallest absolute Gasteiger partial charge is 0.267 e. The number of aromatic nitrogens is 1. The lowest BCUT2D eigenvalue weighted by Crippen LogP contribution is -2.31. The van der Waals surface area contributed by atoms with Crippen molar-refractivity contribution >= 4 is 5.91 Å². The predicted molar refractivity (Wildman–Crippen MR) is 83.3 cm³/mol. The molecule has 0 unspecified atom stereocenters. The fraction of sp³-hybridized carbons (Fsp3) is 0.688. The van der Waals surface area contributed by atoms with Gasteiger partial charge in [-0.1, -0.05) is 0 Å². The van der Waals surface area contributed by atoms with Crippen molar-refractivity contribution in [3.05, 3.63) is 23.5 Å². The van der Waals surface area contributed by atoms with Crippen LogP contribution in [0.5, 0.6) is 0 Å². The van der Waals surface area contributed by atoms with E-state index in [9.17, 15) is 4.79 Å². The first-order valence-corrected chi connectivity index (χ1v) is 7.85. The standard InChI is InChI=1S/C16H27N3O2/c1-12-4-9-15(19(12)2)16(20)18-10-3-11-21-14-7-5-13(17)6-8-14/h4,9,13-14H,3,5-8,10-11,17H2,1-2H3,(H,18,20). The number of aryl methyl sites for hydroxylation is 1. The van der Waals surface area contributed by atoms with Crippen LogP contribution in [-0.4, -0.2) is 35.8 Å². The van der Waals surface area contributed by atoms with Gasteiger partial charge >= 0.3 is 0 Å². The minimum atomic E-state index is -0.0192. The lowest BCUT2D eigenvalue weighted by molar-refractivity contribution is 0.0241. The molecule has 1 aromatic rings. The molecule has 0 saturated heterocycles. The highest BCUT2D eigenvalue weighted by atomic mass is 16.5. The first kappa shape index (κ1) is 16.0. The van der Waals surface area contributed by atoms with Crippen molar-refractivity contribution in [3.63, 3.8) is 0 Å². The second-order valence-corrected chi connectivity index (χ2v) is 5.94. The zero-order valence-electron chi connectivity index (χ0n) is 13.1. The van der Waals surface area contributed by atoms with Crippen molar-refractivity contribution in [2.45, 2.75) is 51.2 Å². The lowest BCUT2D eigenvalue weighted by Gasteiger charge is -2.26. The van der Waals surface area contributed by atoms with Crippen LogP contribution >= 0.6 is 0 Å². The Balaban J connectivity index is 1.59. The molecule has 0 aliphatic heterocycles. The van der Waals surface area contributed by atoms with Crippen molar-refractivity contribution < 1.29 is 9.53 Å². The quantitative estimate of drug-likeness (QED) is 0.785. The molecule has 5 nitrogen and oxygen atoms in total. The van der Waals surface area contributed by atoms with Gasteiger partial charge in [0.05, 0.1) is 6.10 Å². The van der Waals surface area contributed by atoms with Gasteiger partial charge in [0, 0.05) is 31.9 Å². The number of carbonyl (C=O) groups is 1. The third-order valence-electron chi connectivity index (χ3n) is 4.28. The van der Waals surface area contributed by atoms with E-state index in [2.05, 4.69) is 5.32 Å². The topological polar surface area (TPSA) is 69.3 Å². The molecule has 0 atom stereocenters. The molecule has 1 amide bonds. The van der Waals surface area contributed by atoms with Gasteiger partial charge in [0.2, 0.25) is 0 Å². The van der Waals surface area contributed by atoms with Gasteiger partial charge in [-0.25, -0.2) is 0 Å². The van der Waals surface area contributed by atoms with Crippen LogP contribution in [-0.2, 0) is 11.8 Å². The first-order chi connectivity index (χ1) is 10.1. The maximum Gasteiger partial charge on any atom is 0.267 e. The molecule has 0 radical (unpaired) electrons. The Morgan fingerprint density at radius 3 is 2.71 bits per heavy atom. The summed E-state index contributed by atoms with van der Waals surface area (Å²) in [5.74, 6) is -0.0192. The Hall–Kier alpha value is -1.33. The second-order valence-electron chi connectivity index (χ2n) is 5.94. The number of nitrogens with zero attached hydrogens (tertiary/aromatic N) is 1. The third-order valence-corrected chi connectivity index (χ3v) is 4.28. The van der Waals surface area contributed by atoms with Gasteiger partial charge in [0.15, 0.2) is 0 Å². The normalized spacial score (nSPS) is 22.2. The highest BCUT2D eigenvalue weighted by Crippen LogP contribution is 2.19. The Bertz CT molecular complexity index is 462. The number of nitrogens with one attached hydrogen (secondary N) is 1. The van der Waals surface area contributed by atoms with E-state index in [1.165, 1.54) is 0 Å². The summed E-state index contributed by atoms with van der Waals surface area (Å²) in [5.41, 5.74) is 7.66. The molecule has 1 aromatic heterocycles. The minimum absolute atomic E-state index is 0.0192. The summed E-state index contributed by atoms with van der Waals surface area (Å²) in [5, 5.41) is 2.94. The zero-order chi connectivity index (χ0) is 15.2.